The summed E-state index contributed by atoms with van der Waals surface area (Å²) in [5, 5.41) is 5.81. The van der Waals surface area contributed by atoms with Gasteiger partial charge < -0.3 is 20.3 Å². The van der Waals surface area contributed by atoms with Crippen molar-refractivity contribution in [2.45, 2.75) is 13.0 Å². The number of benzene rings is 1. The molecule has 2 heterocycles. The van der Waals surface area contributed by atoms with Crippen LogP contribution in [0.4, 0.5) is 10.1 Å². The second-order valence-electron chi connectivity index (χ2n) is 6.03. The zero-order valence-corrected chi connectivity index (χ0v) is 14.8. The molecule has 0 radical (unpaired) electrons. The van der Waals surface area contributed by atoms with Gasteiger partial charge in [-0.25, -0.2) is 4.39 Å². The zero-order valence-electron chi connectivity index (χ0n) is 14.0. The minimum atomic E-state index is -0.346. The normalized spacial score (nSPS) is 17.1. The van der Waals surface area contributed by atoms with Crippen molar-refractivity contribution in [1.29, 1.82) is 0 Å². The zero-order chi connectivity index (χ0) is 17.6. The van der Waals surface area contributed by atoms with Crippen molar-refractivity contribution < 1.29 is 18.7 Å². The number of hydrogen-bond donors (Lipinski definition) is 2. The van der Waals surface area contributed by atoms with Crippen molar-refractivity contribution in [3.63, 3.8) is 0 Å². The lowest BCUT2D eigenvalue weighted by molar-refractivity contribution is -0.132. The summed E-state index contributed by atoms with van der Waals surface area (Å²) >= 11 is 1.24. The van der Waals surface area contributed by atoms with E-state index in [9.17, 15) is 14.0 Å². The third-order valence-corrected chi connectivity index (χ3v) is 5.22. The number of fused-ring (bicyclic) bond motifs is 1. The molecule has 2 N–H and O–H groups in total. The molecule has 0 aromatic heterocycles. The summed E-state index contributed by atoms with van der Waals surface area (Å²) in [6.45, 7) is 3.70. The maximum absolute atomic E-state index is 14.5. The molecule has 1 aromatic carbocycles. The molecule has 0 unspecified atom stereocenters. The number of hydrogen-bond acceptors (Lipinski definition) is 5. The maximum atomic E-state index is 14.5. The number of carbonyl (C=O) groups excluding carboxylic acids is 2. The number of thioether (sulfide) groups is 1. The molecule has 6 nitrogen and oxygen atoms in total. The van der Waals surface area contributed by atoms with Crippen molar-refractivity contribution in [3.05, 3.63) is 29.1 Å². The summed E-state index contributed by atoms with van der Waals surface area (Å²) < 4.78 is 19.7. The van der Waals surface area contributed by atoms with Crippen LogP contribution in [0.25, 0.3) is 0 Å². The Kier molecular flexibility index (Phi) is 6.28. The van der Waals surface area contributed by atoms with Crippen LogP contribution in [0.15, 0.2) is 12.1 Å². The third-order valence-electron chi connectivity index (χ3n) is 4.30. The van der Waals surface area contributed by atoms with E-state index in [1.165, 1.54) is 11.8 Å². The summed E-state index contributed by atoms with van der Waals surface area (Å²) in [6.07, 6.45) is 0.619. The SMILES string of the molecule is O=C(CSCC(=O)N1CCOCC1)Nc1ccc2c(c1F)CCNC2. The maximum Gasteiger partial charge on any atom is 0.234 e. The quantitative estimate of drug-likeness (QED) is 0.813. The Morgan fingerprint density at radius 2 is 2.08 bits per heavy atom. The number of amides is 2. The van der Waals surface area contributed by atoms with Gasteiger partial charge in [-0.3, -0.25) is 9.59 Å². The van der Waals surface area contributed by atoms with Gasteiger partial charge in [0.1, 0.15) is 5.82 Å². The lowest BCUT2D eigenvalue weighted by atomic mass is 9.99. The number of rotatable bonds is 5. The molecule has 8 heteroatoms. The molecule has 1 saturated heterocycles. The molecule has 0 saturated carbocycles. The first-order valence-corrected chi connectivity index (χ1v) is 9.54. The monoisotopic (exact) mass is 367 g/mol. The molecular weight excluding hydrogens is 345 g/mol. The fourth-order valence-electron chi connectivity index (χ4n) is 2.95. The molecule has 1 aromatic rings. The van der Waals surface area contributed by atoms with Crippen molar-refractivity contribution in [2.75, 3.05) is 49.7 Å². The molecule has 2 amide bonds. The number of nitrogens with zero attached hydrogens (tertiary/aromatic N) is 1. The van der Waals surface area contributed by atoms with Crippen LogP contribution in [-0.4, -0.2) is 61.1 Å². The molecular formula is C17H22FN3O3S. The van der Waals surface area contributed by atoms with E-state index in [1.54, 1.807) is 11.0 Å². The van der Waals surface area contributed by atoms with Gasteiger partial charge in [-0.1, -0.05) is 6.07 Å². The van der Waals surface area contributed by atoms with E-state index in [0.717, 1.165) is 12.1 Å². The lowest BCUT2D eigenvalue weighted by Crippen LogP contribution is -2.41. The number of ether oxygens (including phenoxy) is 1. The van der Waals surface area contributed by atoms with Crippen LogP contribution in [0.1, 0.15) is 11.1 Å². The molecule has 3 rings (SSSR count). The number of halogens is 1. The van der Waals surface area contributed by atoms with Gasteiger partial charge in [-0.15, -0.1) is 11.8 Å². The van der Waals surface area contributed by atoms with Crippen LogP contribution in [0.2, 0.25) is 0 Å². The van der Waals surface area contributed by atoms with Crippen LogP contribution in [-0.2, 0) is 27.3 Å². The van der Waals surface area contributed by atoms with E-state index >= 15 is 0 Å². The van der Waals surface area contributed by atoms with Gasteiger partial charge in [-0.05, 0) is 30.2 Å². The minimum absolute atomic E-state index is 0.00793. The molecule has 0 bridgehead atoms. The largest absolute Gasteiger partial charge is 0.378 e. The predicted molar refractivity (Wildman–Crippen MR) is 95.2 cm³/mol. The van der Waals surface area contributed by atoms with E-state index in [0.29, 0.717) is 44.8 Å². The summed E-state index contributed by atoms with van der Waals surface area (Å²) in [5.74, 6) is -0.275. The number of nitrogens with one attached hydrogen (secondary N) is 2. The molecule has 2 aliphatic heterocycles. The van der Waals surface area contributed by atoms with Crippen molar-refractivity contribution >= 4 is 29.3 Å². The first kappa shape index (κ1) is 18.2. The number of carbonyl (C=O) groups is 2. The molecule has 0 spiro atoms. The van der Waals surface area contributed by atoms with Gasteiger partial charge in [0.05, 0.1) is 30.4 Å². The highest BCUT2D eigenvalue weighted by atomic mass is 32.2. The highest BCUT2D eigenvalue weighted by Crippen LogP contribution is 2.24. The topological polar surface area (TPSA) is 70.7 Å². The summed E-state index contributed by atoms with van der Waals surface area (Å²) in [4.78, 5) is 25.8. The second-order valence-corrected chi connectivity index (χ2v) is 7.01. The Labute approximate surface area is 150 Å². The Morgan fingerprint density at radius 1 is 1.28 bits per heavy atom. The van der Waals surface area contributed by atoms with Gasteiger partial charge in [0.15, 0.2) is 0 Å². The van der Waals surface area contributed by atoms with E-state index < -0.39 is 0 Å². The molecule has 1 fully saturated rings. The Morgan fingerprint density at radius 3 is 2.88 bits per heavy atom. The number of anilines is 1. The van der Waals surface area contributed by atoms with Crippen LogP contribution in [0.5, 0.6) is 0 Å². The standard InChI is InChI=1S/C17H22FN3O3S/c18-17-13-3-4-19-9-12(13)1-2-14(17)20-15(22)10-25-11-16(23)21-5-7-24-8-6-21/h1-2,19H,3-11H2,(H,20,22). The van der Waals surface area contributed by atoms with Gasteiger partial charge in [0.25, 0.3) is 0 Å². The van der Waals surface area contributed by atoms with Crippen LogP contribution in [0, 0.1) is 5.82 Å². The van der Waals surface area contributed by atoms with Crippen molar-refractivity contribution in [3.8, 4) is 0 Å². The fourth-order valence-corrected chi connectivity index (χ4v) is 3.67. The smallest absolute Gasteiger partial charge is 0.234 e. The van der Waals surface area contributed by atoms with Crippen LogP contribution in [0.3, 0.4) is 0 Å². The molecule has 25 heavy (non-hydrogen) atoms. The Hall–Kier alpha value is -1.64. The number of morpholine rings is 1. The average Bonchev–Trinajstić information content (AvgIpc) is 2.65. The Balaban J connectivity index is 1.47. The van der Waals surface area contributed by atoms with Gasteiger partial charge in [0, 0.05) is 19.6 Å². The Bertz CT molecular complexity index is 650. The lowest BCUT2D eigenvalue weighted by Gasteiger charge is -2.26. The van der Waals surface area contributed by atoms with E-state index in [1.807, 2.05) is 6.07 Å². The van der Waals surface area contributed by atoms with Crippen molar-refractivity contribution in [1.82, 2.24) is 10.2 Å². The summed E-state index contributed by atoms with van der Waals surface area (Å²) in [7, 11) is 0. The van der Waals surface area contributed by atoms with E-state index in [-0.39, 0.29) is 34.8 Å². The first-order chi connectivity index (χ1) is 12.1. The van der Waals surface area contributed by atoms with Gasteiger partial charge >= 0.3 is 0 Å². The molecule has 2 aliphatic rings. The third kappa shape index (κ3) is 4.71. The van der Waals surface area contributed by atoms with Crippen LogP contribution < -0.4 is 10.6 Å². The van der Waals surface area contributed by atoms with Crippen LogP contribution >= 0.6 is 11.8 Å². The summed E-state index contributed by atoms with van der Waals surface area (Å²) in [5.41, 5.74) is 1.82. The molecule has 0 aliphatic carbocycles. The summed E-state index contributed by atoms with van der Waals surface area (Å²) in [6, 6.07) is 3.44. The van der Waals surface area contributed by atoms with E-state index in [2.05, 4.69) is 10.6 Å². The van der Waals surface area contributed by atoms with Gasteiger partial charge in [-0.2, -0.15) is 0 Å². The predicted octanol–water partition coefficient (Wildman–Crippen LogP) is 1.00. The average molecular weight is 367 g/mol. The fraction of sp³-hybridized carbons (Fsp3) is 0.529. The highest BCUT2D eigenvalue weighted by molar-refractivity contribution is 8.00. The van der Waals surface area contributed by atoms with E-state index in [4.69, 9.17) is 4.74 Å². The minimum Gasteiger partial charge on any atom is -0.378 e. The highest BCUT2D eigenvalue weighted by Gasteiger charge is 2.19. The van der Waals surface area contributed by atoms with Gasteiger partial charge in [0.2, 0.25) is 11.8 Å². The molecule has 136 valence electrons. The second kappa shape index (κ2) is 8.64. The molecule has 0 atom stereocenters. The first-order valence-electron chi connectivity index (χ1n) is 8.39. The van der Waals surface area contributed by atoms with Crippen molar-refractivity contribution in [2.24, 2.45) is 0 Å².